The zero-order chi connectivity index (χ0) is 22.8. The van der Waals surface area contributed by atoms with Crippen molar-refractivity contribution in [3.63, 3.8) is 0 Å². The fourth-order valence-electron chi connectivity index (χ4n) is 3.81. The number of methoxy groups -OCH3 is 1. The van der Waals surface area contributed by atoms with Gasteiger partial charge in [-0.1, -0.05) is 24.3 Å². The fraction of sp³-hybridized carbons (Fsp3) is 0.208. The average Bonchev–Trinajstić information content (AvgIpc) is 3.16. The Balaban J connectivity index is 1.61. The molecule has 1 aliphatic heterocycles. The van der Waals surface area contributed by atoms with Crippen LogP contribution in [0.25, 0.3) is 0 Å². The number of benzene rings is 2. The first kappa shape index (κ1) is 21.6. The van der Waals surface area contributed by atoms with Crippen LogP contribution in [-0.4, -0.2) is 41.4 Å². The maximum absolute atomic E-state index is 13.0. The number of thiophene rings is 1. The summed E-state index contributed by atoms with van der Waals surface area (Å²) in [5.41, 5.74) is 2.68. The number of fused-ring (bicyclic) bond motifs is 1. The number of carbonyl (C=O) groups is 3. The van der Waals surface area contributed by atoms with E-state index < -0.39 is 11.9 Å². The second kappa shape index (κ2) is 8.84. The van der Waals surface area contributed by atoms with Gasteiger partial charge >= 0.3 is 5.97 Å². The third kappa shape index (κ3) is 4.09. The number of aromatic carboxylic acids is 1. The summed E-state index contributed by atoms with van der Waals surface area (Å²) in [4.78, 5) is 40.3. The summed E-state index contributed by atoms with van der Waals surface area (Å²) in [6.07, 6.45) is 0.417. The van der Waals surface area contributed by atoms with Gasteiger partial charge in [-0.3, -0.25) is 9.59 Å². The predicted molar refractivity (Wildman–Crippen MR) is 122 cm³/mol. The molecule has 32 heavy (non-hydrogen) atoms. The molecule has 3 aromatic rings. The Morgan fingerprint density at radius 3 is 2.62 bits per heavy atom. The Bertz CT molecular complexity index is 1220. The highest BCUT2D eigenvalue weighted by Gasteiger charge is 2.31. The van der Waals surface area contributed by atoms with Gasteiger partial charge < -0.3 is 20.1 Å². The van der Waals surface area contributed by atoms with Crippen LogP contribution in [0, 0.1) is 6.92 Å². The van der Waals surface area contributed by atoms with Gasteiger partial charge in [-0.05, 0) is 48.7 Å². The van der Waals surface area contributed by atoms with E-state index in [0.717, 1.165) is 10.4 Å². The lowest BCUT2D eigenvalue weighted by Gasteiger charge is -2.27. The zero-order valence-electron chi connectivity index (χ0n) is 17.7. The van der Waals surface area contributed by atoms with Crippen molar-refractivity contribution in [3.8, 4) is 5.75 Å². The van der Waals surface area contributed by atoms with Gasteiger partial charge in [0, 0.05) is 22.5 Å². The van der Waals surface area contributed by atoms with Gasteiger partial charge in [0.15, 0.2) is 0 Å². The first-order valence-electron chi connectivity index (χ1n) is 10.1. The number of aryl methyl sites for hydroxylation is 1. The largest absolute Gasteiger partial charge is 0.497 e. The van der Waals surface area contributed by atoms with E-state index in [1.165, 1.54) is 18.4 Å². The van der Waals surface area contributed by atoms with E-state index in [9.17, 15) is 19.5 Å². The maximum atomic E-state index is 13.0. The number of nitrogens with one attached hydrogen (secondary N) is 1. The van der Waals surface area contributed by atoms with Crippen molar-refractivity contribution in [1.29, 1.82) is 0 Å². The number of carboxylic acids is 1. The standard InChI is InChI=1S/C24H22N2O5S/c1-14-6-3-4-9-17(14)23(28)26-11-10-18-19(13-26)32-22(20(18)24(29)30)25-21(27)15-7-5-8-16(12-15)31-2/h3-9,12H,10-11,13H2,1-2H3,(H,25,27)(H,29,30). The fourth-order valence-corrected chi connectivity index (χ4v) is 5.06. The molecule has 0 saturated heterocycles. The number of amides is 2. The van der Waals surface area contributed by atoms with Gasteiger partial charge in [0.1, 0.15) is 10.8 Å². The molecular weight excluding hydrogens is 428 g/mol. The molecule has 0 aliphatic carbocycles. The van der Waals surface area contributed by atoms with Crippen LogP contribution in [0.1, 0.15) is 47.1 Å². The second-order valence-corrected chi connectivity index (χ2v) is 8.60. The van der Waals surface area contributed by atoms with E-state index in [1.807, 2.05) is 25.1 Å². The van der Waals surface area contributed by atoms with Crippen LogP contribution in [0.2, 0.25) is 0 Å². The molecule has 0 fully saturated rings. The van der Waals surface area contributed by atoms with Crippen LogP contribution in [0.5, 0.6) is 5.75 Å². The highest BCUT2D eigenvalue weighted by Crippen LogP contribution is 2.38. The molecule has 4 rings (SSSR count). The van der Waals surface area contributed by atoms with Crippen molar-refractivity contribution in [2.45, 2.75) is 19.9 Å². The Kier molecular flexibility index (Phi) is 5.96. The van der Waals surface area contributed by atoms with Crippen molar-refractivity contribution >= 4 is 34.1 Å². The number of rotatable bonds is 5. The molecule has 1 aromatic heterocycles. The van der Waals surface area contributed by atoms with Crippen molar-refractivity contribution in [1.82, 2.24) is 4.90 Å². The summed E-state index contributed by atoms with van der Waals surface area (Å²) in [5, 5.41) is 12.8. The number of anilines is 1. The summed E-state index contributed by atoms with van der Waals surface area (Å²) >= 11 is 1.21. The molecule has 2 N–H and O–H groups in total. The van der Waals surface area contributed by atoms with Crippen LogP contribution in [0.15, 0.2) is 48.5 Å². The average molecular weight is 451 g/mol. The molecule has 0 unspecified atom stereocenters. The van der Waals surface area contributed by atoms with Gasteiger partial charge in [-0.2, -0.15) is 0 Å². The number of nitrogens with zero attached hydrogens (tertiary/aromatic N) is 1. The van der Waals surface area contributed by atoms with Crippen molar-refractivity contribution in [3.05, 3.63) is 81.2 Å². The van der Waals surface area contributed by atoms with E-state index in [2.05, 4.69) is 5.32 Å². The van der Waals surface area contributed by atoms with Gasteiger partial charge in [-0.25, -0.2) is 4.79 Å². The lowest BCUT2D eigenvalue weighted by molar-refractivity contribution is 0.0696. The van der Waals surface area contributed by atoms with Crippen LogP contribution >= 0.6 is 11.3 Å². The number of hydrogen-bond acceptors (Lipinski definition) is 5. The quantitative estimate of drug-likeness (QED) is 0.607. The van der Waals surface area contributed by atoms with Crippen LogP contribution in [-0.2, 0) is 13.0 Å². The van der Waals surface area contributed by atoms with E-state index in [-0.39, 0.29) is 16.5 Å². The van der Waals surface area contributed by atoms with Gasteiger partial charge in [0.05, 0.1) is 19.2 Å². The smallest absolute Gasteiger partial charge is 0.339 e. The molecule has 0 saturated carbocycles. The number of carboxylic acid groups (broad SMARTS) is 1. The van der Waals surface area contributed by atoms with E-state index >= 15 is 0 Å². The molecule has 0 radical (unpaired) electrons. The first-order valence-corrected chi connectivity index (χ1v) is 10.9. The molecule has 2 amide bonds. The van der Waals surface area contributed by atoms with Crippen LogP contribution in [0.4, 0.5) is 5.00 Å². The lowest BCUT2D eigenvalue weighted by atomic mass is 10.0. The summed E-state index contributed by atoms with van der Waals surface area (Å²) in [7, 11) is 1.51. The first-order chi connectivity index (χ1) is 15.4. The molecule has 2 heterocycles. The van der Waals surface area contributed by atoms with Crippen LogP contribution < -0.4 is 10.1 Å². The molecule has 0 spiro atoms. The minimum absolute atomic E-state index is 0.0824. The molecule has 0 atom stereocenters. The minimum Gasteiger partial charge on any atom is -0.497 e. The number of ether oxygens (including phenoxy) is 1. The SMILES string of the molecule is COc1cccc(C(=O)Nc2sc3c(c2C(=O)O)CCN(C(=O)c2ccccc2C)C3)c1. The highest BCUT2D eigenvalue weighted by atomic mass is 32.1. The van der Waals surface area contributed by atoms with Gasteiger partial charge in [-0.15, -0.1) is 11.3 Å². The third-order valence-corrected chi connectivity index (χ3v) is 6.62. The third-order valence-electron chi connectivity index (χ3n) is 5.49. The topological polar surface area (TPSA) is 95.9 Å². The lowest BCUT2D eigenvalue weighted by Crippen LogP contribution is -2.36. The van der Waals surface area contributed by atoms with Crippen LogP contribution in [0.3, 0.4) is 0 Å². The predicted octanol–water partition coefficient (Wildman–Crippen LogP) is 4.21. The number of carbonyl (C=O) groups excluding carboxylic acids is 2. The Hall–Kier alpha value is -3.65. The summed E-state index contributed by atoms with van der Waals surface area (Å²) < 4.78 is 5.15. The Morgan fingerprint density at radius 1 is 1.12 bits per heavy atom. The molecule has 7 nitrogen and oxygen atoms in total. The van der Waals surface area contributed by atoms with Gasteiger partial charge in [0.25, 0.3) is 11.8 Å². The normalized spacial score (nSPS) is 12.8. The summed E-state index contributed by atoms with van der Waals surface area (Å²) in [6, 6.07) is 14.0. The highest BCUT2D eigenvalue weighted by molar-refractivity contribution is 7.17. The molecule has 1 aliphatic rings. The molecule has 164 valence electrons. The van der Waals surface area contributed by atoms with Crippen molar-refractivity contribution in [2.75, 3.05) is 19.0 Å². The van der Waals surface area contributed by atoms with E-state index in [4.69, 9.17) is 4.74 Å². The second-order valence-electron chi connectivity index (χ2n) is 7.49. The Morgan fingerprint density at radius 2 is 1.91 bits per heavy atom. The molecule has 2 aromatic carbocycles. The number of hydrogen-bond donors (Lipinski definition) is 2. The van der Waals surface area contributed by atoms with E-state index in [0.29, 0.717) is 42.0 Å². The Labute approximate surface area is 189 Å². The summed E-state index contributed by atoms with van der Waals surface area (Å²) in [6.45, 7) is 2.62. The minimum atomic E-state index is -1.10. The maximum Gasteiger partial charge on any atom is 0.339 e. The monoisotopic (exact) mass is 450 g/mol. The molecule has 0 bridgehead atoms. The van der Waals surface area contributed by atoms with Crippen molar-refractivity contribution in [2.24, 2.45) is 0 Å². The van der Waals surface area contributed by atoms with Crippen molar-refractivity contribution < 1.29 is 24.2 Å². The van der Waals surface area contributed by atoms with E-state index in [1.54, 1.807) is 35.2 Å². The van der Waals surface area contributed by atoms with Gasteiger partial charge in [0.2, 0.25) is 0 Å². The summed E-state index contributed by atoms with van der Waals surface area (Å²) in [5.74, 6) is -1.06. The molecular formula is C24H22N2O5S. The molecule has 8 heteroatoms. The zero-order valence-corrected chi connectivity index (χ0v) is 18.5.